The summed E-state index contributed by atoms with van der Waals surface area (Å²) in [5, 5.41) is 3.01. The average molecular weight is 108 g/mol. The monoisotopic (exact) mass is 108 g/mol. The Bertz CT molecular complexity index is 122. The van der Waals surface area contributed by atoms with E-state index in [-0.39, 0.29) is 0 Å². The number of hydrogen-bond donors (Lipinski definition) is 1. The van der Waals surface area contributed by atoms with Gasteiger partial charge in [0.15, 0.2) is 11.8 Å². The van der Waals surface area contributed by atoms with Crippen molar-refractivity contribution >= 4 is 0 Å². The molecule has 42 valence electrons. The molecule has 1 heterocycles. The highest BCUT2D eigenvalue weighted by Gasteiger charge is 2.03. The van der Waals surface area contributed by atoms with Crippen LogP contribution in [-0.4, -0.2) is 6.54 Å². The fourth-order valence-corrected chi connectivity index (χ4v) is 0.673. The Morgan fingerprint density at radius 2 is 2.75 bits per heavy atom. The van der Waals surface area contributed by atoms with Gasteiger partial charge in [-0.15, -0.1) is 0 Å². The van der Waals surface area contributed by atoms with Crippen molar-refractivity contribution in [1.82, 2.24) is 5.32 Å². The van der Waals surface area contributed by atoms with E-state index in [1.165, 1.54) is 5.57 Å². The summed E-state index contributed by atoms with van der Waals surface area (Å²) in [5.74, 6) is 0. The van der Waals surface area contributed by atoms with E-state index in [0.717, 1.165) is 13.0 Å². The second-order valence-corrected chi connectivity index (χ2v) is 1.79. The van der Waals surface area contributed by atoms with Gasteiger partial charge in [-0.2, -0.15) is 0 Å². The molecule has 1 N–H and O–H groups in total. The zero-order chi connectivity index (χ0) is 5.82. The summed E-state index contributed by atoms with van der Waals surface area (Å²) in [6, 6.07) is 0. The Morgan fingerprint density at radius 1 is 1.88 bits per heavy atom. The molecule has 1 heteroatoms. The van der Waals surface area contributed by atoms with E-state index in [9.17, 15) is 0 Å². The second kappa shape index (κ2) is 2.49. The Balaban J connectivity index is 2.51. The first-order valence-electron chi connectivity index (χ1n) is 2.94. The fourth-order valence-electron chi connectivity index (χ4n) is 0.673. The molecule has 0 radical (unpaired) electrons. The lowest BCUT2D eigenvalue weighted by atomic mass is 10.2. The molecule has 1 aliphatic heterocycles. The van der Waals surface area contributed by atoms with Gasteiger partial charge in [0.05, 0.1) is 12.6 Å². The molecule has 0 aromatic rings. The van der Waals surface area contributed by atoms with Gasteiger partial charge in [-0.1, -0.05) is 6.92 Å². The van der Waals surface area contributed by atoms with Crippen molar-refractivity contribution in [3.63, 3.8) is 0 Å². The molecule has 0 fully saturated rings. The van der Waals surface area contributed by atoms with Crippen LogP contribution in [0.15, 0.2) is 17.7 Å². The van der Waals surface area contributed by atoms with Crippen molar-refractivity contribution in [1.29, 1.82) is 0 Å². The molecule has 1 rings (SSSR count). The first-order chi connectivity index (χ1) is 3.93. The van der Waals surface area contributed by atoms with Crippen molar-refractivity contribution < 1.29 is 0 Å². The molecule has 1 nitrogen and oxygen atoms in total. The van der Waals surface area contributed by atoms with E-state index < -0.39 is 0 Å². The maximum absolute atomic E-state index is 3.05. The van der Waals surface area contributed by atoms with E-state index in [1.54, 1.807) is 0 Å². The van der Waals surface area contributed by atoms with E-state index in [4.69, 9.17) is 0 Å². The quantitative estimate of drug-likeness (QED) is 0.498. The minimum absolute atomic E-state index is 0.934. The lowest BCUT2D eigenvalue weighted by Gasteiger charge is -1.91. The highest BCUT2D eigenvalue weighted by atomic mass is 14.8. The van der Waals surface area contributed by atoms with Gasteiger partial charge in [0, 0.05) is 12.5 Å². The average Bonchev–Trinajstić information content (AvgIpc) is 1.90. The molecule has 0 aromatic heterocycles. The van der Waals surface area contributed by atoms with Gasteiger partial charge in [0.25, 0.3) is 0 Å². The van der Waals surface area contributed by atoms with Crippen LogP contribution in [0.4, 0.5) is 0 Å². The normalized spacial score (nSPS) is 16.4. The summed E-state index contributed by atoms with van der Waals surface area (Å²) >= 11 is 0. The molecule has 0 saturated carbocycles. The van der Waals surface area contributed by atoms with E-state index in [0.29, 0.717) is 0 Å². The highest BCUT2D eigenvalue weighted by Crippen LogP contribution is 2.01. The second-order valence-electron chi connectivity index (χ2n) is 1.79. The van der Waals surface area contributed by atoms with E-state index in [2.05, 4.69) is 30.6 Å². The molecule has 0 aliphatic carbocycles. The SMILES string of the molecule is CCC1=[C+]NCC=C1. The summed E-state index contributed by atoms with van der Waals surface area (Å²) < 4.78 is 0. The Labute approximate surface area is 50.1 Å². The van der Waals surface area contributed by atoms with Crippen LogP contribution in [0.25, 0.3) is 0 Å². The van der Waals surface area contributed by atoms with Crippen LogP contribution in [0.2, 0.25) is 0 Å². The van der Waals surface area contributed by atoms with Gasteiger partial charge < -0.3 is 0 Å². The Kier molecular flexibility index (Phi) is 1.66. The van der Waals surface area contributed by atoms with E-state index in [1.807, 2.05) is 0 Å². The van der Waals surface area contributed by atoms with Crippen LogP contribution in [0.1, 0.15) is 13.3 Å². The largest absolute Gasteiger partial charge is 0.261 e. The molecule has 0 bridgehead atoms. The van der Waals surface area contributed by atoms with Gasteiger partial charge in [-0.3, -0.25) is 5.32 Å². The zero-order valence-electron chi connectivity index (χ0n) is 5.07. The molecule has 0 aromatic carbocycles. The maximum Gasteiger partial charge on any atom is 0.192 e. The zero-order valence-corrected chi connectivity index (χ0v) is 5.07. The lowest BCUT2D eigenvalue weighted by Crippen LogP contribution is -2.09. The van der Waals surface area contributed by atoms with Crippen LogP contribution in [-0.2, 0) is 0 Å². The summed E-state index contributed by atoms with van der Waals surface area (Å²) in [4.78, 5) is 0. The summed E-state index contributed by atoms with van der Waals surface area (Å²) in [6.07, 6.45) is 8.34. The molecule has 0 atom stereocenters. The van der Waals surface area contributed by atoms with Crippen molar-refractivity contribution in [2.45, 2.75) is 13.3 Å². The summed E-state index contributed by atoms with van der Waals surface area (Å²) in [6.45, 7) is 3.06. The number of allylic oxidation sites excluding steroid dienone is 2. The third-order valence-corrected chi connectivity index (χ3v) is 1.17. The number of dihydropyridines is 1. The van der Waals surface area contributed by atoms with Gasteiger partial charge in [0.1, 0.15) is 0 Å². The molecule has 8 heavy (non-hydrogen) atoms. The highest BCUT2D eigenvalue weighted by molar-refractivity contribution is 5.17. The Hall–Kier alpha value is -0.810. The topological polar surface area (TPSA) is 12.0 Å². The van der Waals surface area contributed by atoms with E-state index >= 15 is 0 Å². The van der Waals surface area contributed by atoms with Crippen LogP contribution in [0.3, 0.4) is 0 Å². The number of hydrogen-bond acceptors (Lipinski definition) is 1. The van der Waals surface area contributed by atoms with Gasteiger partial charge in [-0.25, -0.2) is 0 Å². The van der Waals surface area contributed by atoms with Crippen molar-refractivity contribution in [2.24, 2.45) is 0 Å². The summed E-state index contributed by atoms with van der Waals surface area (Å²) in [5.41, 5.74) is 1.26. The molecule has 0 spiro atoms. The molecular weight excluding hydrogens is 98.1 g/mol. The molecule has 1 aliphatic rings. The standard InChI is InChI=1S/C7H10N/c1-2-7-4-3-5-8-6-7/h3-4,8H,2,5H2,1H3/q+1. The summed E-state index contributed by atoms with van der Waals surface area (Å²) in [7, 11) is 0. The Morgan fingerprint density at radius 3 is 3.12 bits per heavy atom. The molecule has 0 saturated heterocycles. The predicted molar refractivity (Wildman–Crippen MR) is 34.2 cm³/mol. The smallest absolute Gasteiger partial charge is 0.192 e. The number of nitrogens with one attached hydrogen (secondary N) is 1. The maximum atomic E-state index is 3.05. The third-order valence-electron chi connectivity index (χ3n) is 1.17. The van der Waals surface area contributed by atoms with Gasteiger partial charge in [0.2, 0.25) is 0 Å². The third kappa shape index (κ3) is 1.08. The number of rotatable bonds is 1. The fraction of sp³-hybridized carbons (Fsp3) is 0.429. The van der Waals surface area contributed by atoms with Crippen LogP contribution in [0.5, 0.6) is 0 Å². The molecule has 0 unspecified atom stereocenters. The van der Waals surface area contributed by atoms with Crippen molar-refractivity contribution in [3.05, 3.63) is 23.9 Å². The predicted octanol–water partition coefficient (Wildman–Crippen LogP) is 1.24. The first kappa shape index (κ1) is 5.33. The molecular formula is C7H10N+. The van der Waals surface area contributed by atoms with Gasteiger partial charge >= 0.3 is 0 Å². The van der Waals surface area contributed by atoms with Crippen LogP contribution < -0.4 is 5.32 Å². The minimum Gasteiger partial charge on any atom is -0.261 e. The molecule has 0 amide bonds. The van der Waals surface area contributed by atoms with Crippen molar-refractivity contribution in [3.8, 4) is 0 Å². The van der Waals surface area contributed by atoms with Crippen LogP contribution in [0, 0.1) is 6.20 Å². The first-order valence-corrected chi connectivity index (χ1v) is 2.94. The van der Waals surface area contributed by atoms with Crippen molar-refractivity contribution in [2.75, 3.05) is 6.54 Å². The van der Waals surface area contributed by atoms with Gasteiger partial charge in [-0.05, 0) is 0 Å². The minimum atomic E-state index is 0.934. The van der Waals surface area contributed by atoms with Crippen LogP contribution >= 0.6 is 0 Å². The lowest BCUT2D eigenvalue weighted by molar-refractivity contribution is 0.901.